The molecule has 1 aliphatic rings. The van der Waals surface area contributed by atoms with Crippen molar-refractivity contribution in [3.8, 4) is 5.75 Å². The van der Waals surface area contributed by atoms with Gasteiger partial charge in [0.2, 0.25) is 0 Å². The second-order valence-electron chi connectivity index (χ2n) is 4.88. The van der Waals surface area contributed by atoms with Gasteiger partial charge in [-0.3, -0.25) is 9.59 Å². The Labute approximate surface area is 118 Å². The number of aliphatic carboxylic acids is 1. The molecule has 5 nitrogen and oxygen atoms in total. The van der Waals surface area contributed by atoms with Gasteiger partial charge in [-0.2, -0.15) is 0 Å². The fourth-order valence-electron chi connectivity index (χ4n) is 2.20. The molecule has 0 radical (unpaired) electrons. The average Bonchev–Trinajstić information content (AvgIpc) is 3.22. The monoisotopic (exact) mass is 277 g/mol. The minimum absolute atomic E-state index is 0.0407. The highest BCUT2D eigenvalue weighted by atomic mass is 16.5. The van der Waals surface area contributed by atoms with Gasteiger partial charge in [-0.05, 0) is 25.8 Å². The molecule has 0 unspecified atom stereocenters. The summed E-state index contributed by atoms with van der Waals surface area (Å²) in [5.74, 6) is -0.490. The lowest BCUT2D eigenvalue weighted by Crippen LogP contribution is -2.36. The summed E-state index contributed by atoms with van der Waals surface area (Å²) in [5, 5.41) is 8.85. The van der Waals surface area contributed by atoms with Crippen LogP contribution in [0.25, 0.3) is 0 Å². The molecule has 1 saturated carbocycles. The highest BCUT2D eigenvalue weighted by Crippen LogP contribution is 2.27. The fraction of sp³-hybridized carbons (Fsp3) is 0.467. The normalized spacial score (nSPS) is 13.8. The van der Waals surface area contributed by atoms with Crippen molar-refractivity contribution >= 4 is 11.9 Å². The Kier molecular flexibility index (Phi) is 4.61. The van der Waals surface area contributed by atoms with Gasteiger partial charge >= 0.3 is 5.97 Å². The third kappa shape index (κ3) is 3.73. The van der Waals surface area contributed by atoms with E-state index < -0.39 is 5.97 Å². The molecule has 0 atom stereocenters. The molecule has 1 fully saturated rings. The number of carbonyl (C=O) groups excluding carboxylic acids is 1. The van der Waals surface area contributed by atoms with Crippen LogP contribution in [0.5, 0.6) is 5.75 Å². The van der Waals surface area contributed by atoms with E-state index >= 15 is 0 Å². The van der Waals surface area contributed by atoms with E-state index in [1.54, 1.807) is 24.3 Å². The maximum atomic E-state index is 12.0. The van der Waals surface area contributed by atoms with Crippen molar-refractivity contribution in [2.75, 3.05) is 13.2 Å². The number of ether oxygens (including phenoxy) is 1. The maximum absolute atomic E-state index is 12.0. The molecule has 2 rings (SSSR count). The molecule has 0 aliphatic heterocycles. The van der Waals surface area contributed by atoms with E-state index in [0.717, 1.165) is 12.8 Å². The Bertz CT molecular complexity index is 496. The fourth-order valence-corrected chi connectivity index (χ4v) is 2.20. The smallest absolute Gasteiger partial charge is 0.307 e. The standard InChI is InChI=1S/C15H19NO4/c1-2-16(12-7-8-12)14(17)10-20-13-6-4-3-5-11(13)9-15(18)19/h3-6,12H,2,7-10H2,1H3,(H,18,19). The summed E-state index contributed by atoms with van der Waals surface area (Å²) in [4.78, 5) is 24.6. The minimum Gasteiger partial charge on any atom is -0.483 e. The van der Waals surface area contributed by atoms with Crippen molar-refractivity contribution in [3.63, 3.8) is 0 Å². The molecule has 1 aliphatic carbocycles. The predicted molar refractivity (Wildman–Crippen MR) is 73.7 cm³/mol. The lowest BCUT2D eigenvalue weighted by Gasteiger charge is -2.20. The number of para-hydroxylation sites is 1. The Morgan fingerprint density at radius 1 is 1.35 bits per heavy atom. The predicted octanol–water partition coefficient (Wildman–Crippen LogP) is 1.70. The average molecular weight is 277 g/mol. The number of benzene rings is 1. The molecule has 1 N–H and O–H groups in total. The van der Waals surface area contributed by atoms with Crippen LogP contribution in [0.3, 0.4) is 0 Å². The Morgan fingerprint density at radius 3 is 2.65 bits per heavy atom. The first-order valence-electron chi connectivity index (χ1n) is 6.83. The van der Waals surface area contributed by atoms with Crippen LogP contribution in [-0.4, -0.2) is 41.1 Å². The van der Waals surface area contributed by atoms with Gasteiger partial charge < -0.3 is 14.7 Å². The van der Waals surface area contributed by atoms with E-state index in [0.29, 0.717) is 23.9 Å². The van der Waals surface area contributed by atoms with Crippen molar-refractivity contribution in [1.82, 2.24) is 4.90 Å². The molecule has 108 valence electrons. The third-order valence-electron chi connectivity index (χ3n) is 3.31. The summed E-state index contributed by atoms with van der Waals surface area (Å²) >= 11 is 0. The van der Waals surface area contributed by atoms with E-state index in [4.69, 9.17) is 9.84 Å². The van der Waals surface area contributed by atoms with Gasteiger partial charge in [0, 0.05) is 18.2 Å². The molecular formula is C15H19NO4. The van der Waals surface area contributed by atoms with Gasteiger partial charge in [0.25, 0.3) is 5.91 Å². The van der Waals surface area contributed by atoms with Crippen molar-refractivity contribution in [2.24, 2.45) is 0 Å². The summed E-state index contributed by atoms with van der Waals surface area (Å²) in [6.45, 7) is 2.60. The summed E-state index contributed by atoms with van der Waals surface area (Å²) in [7, 11) is 0. The minimum atomic E-state index is -0.916. The van der Waals surface area contributed by atoms with Gasteiger partial charge in [0.15, 0.2) is 6.61 Å². The van der Waals surface area contributed by atoms with Gasteiger partial charge in [-0.25, -0.2) is 0 Å². The molecule has 1 aromatic carbocycles. The zero-order valence-electron chi connectivity index (χ0n) is 11.5. The van der Waals surface area contributed by atoms with Crippen molar-refractivity contribution in [2.45, 2.75) is 32.2 Å². The van der Waals surface area contributed by atoms with Crippen LogP contribution in [0.1, 0.15) is 25.3 Å². The van der Waals surface area contributed by atoms with E-state index in [9.17, 15) is 9.59 Å². The molecule has 0 saturated heterocycles. The number of likely N-dealkylation sites (N-methyl/N-ethyl adjacent to an activating group) is 1. The van der Waals surface area contributed by atoms with Crippen LogP contribution in [0.4, 0.5) is 0 Å². The largest absolute Gasteiger partial charge is 0.483 e. The van der Waals surface area contributed by atoms with E-state index in [2.05, 4.69) is 0 Å². The van der Waals surface area contributed by atoms with Gasteiger partial charge in [-0.1, -0.05) is 18.2 Å². The Morgan fingerprint density at radius 2 is 2.05 bits per heavy atom. The zero-order valence-corrected chi connectivity index (χ0v) is 11.5. The molecule has 1 aromatic rings. The number of hydrogen-bond acceptors (Lipinski definition) is 3. The van der Waals surface area contributed by atoms with Crippen molar-refractivity contribution in [1.29, 1.82) is 0 Å². The van der Waals surface area contributed by atoms with Crippen LogP contribution in [0, 0.1) is 0 Å². The van der Waals surface area contributed by atoms with Crippen molar-refractivity contribution < 1.29 is 19.4 Å². The van der Waals surface area contributed by atoms with Crippen molar-refractivity contribution in [3.05, 3.63) is 29.8 Å². The first-order valence-corrected chi connectivity index (χ1v) is 6.83. The molecule has 20 heavy (non-hydrogen) atoms. The number of carbonyl (C=O) groups is 2. The lowest BCUT2D eigenvalue weighted by atomic mass is 10.1. The summed E-state index contributed by atoms with van der Waals surface area (Å²) in [6.07, 6.45) is 2.02. The summed E-state index contributed by atoms with van der Waals surface area (Å²) in [6, 6.07) is 7.29. The molecule has 0 spiro atoms. The topological polar surface area (TPSA) is 66.8 Å². The van der Waals surface area contributed by atoms with Crippen LogP contribution in [0.2, 0.25) is 0 Å². The van der Waals surface area contributed by atoms with Crippen LogP contribution in [-0.2, 0) is 16.0 Å². The molecule has 5 heteroatoms. The molecule has 0 heterocycles. The Hall–Kier alpha value is -2.04. The second kappa shape index (κ2) is 6.41. The molecular weight excluding hydrogens is 258 g/mol. The molecule has 1 amide bonds. The summed E-state index contributed by atoms with van der Waals surface area (Å²) in [5.41, 5.74) is 0.585. The van der Waals surface area contributed by atoms with Gasteiger partial charge in [0.1, 0.15) is 5.75 Å². The number of carboxylic acid groups (broad SMARTS) is 1. The van der Waals surface area contributed by atoms with E-state index in [1.807, 2.05) is 11.8 Å². The number of amides is 1. The highest BCUT2D eigenvalue weighted by molar-refractivity contribution is 5.78. The van der Waals surface area contributed by atoms with Crippen LogP contribution in [0.15, 0.2) is 24.3 Å². The highest BCUT2D eigenvalue weighted by Gasteiger charge is 2.31. The second-order valence-corrected chi connectivity index (χ2v) is 4.88. The number of nitrogens with zero attached hydrogens (tertiary/aromatic N) is 1. The quantitative estimate of drug-likeness (QED) is 0.823. The van der Waals surface area contributed by atoms with Crippen LogP contribution < -0.4 is 4.74 Å². The third-order valence-corrected chi connectivity index (χ3v) is 3.31. The Balaban J connectivity index is 1.96. The van der Waals surface area contributed by atoms with E-state index in [-0.39, 0.29) is 18.9 Å². The number of carboxylic acids is 1. The van der Waals surface area contributed by atoms with Gasteiger partial charge in [0.05, 0.1) is 6.42 Å². The van der Waals surface area contributed by atoms with Gasteiger partial charge in [-0.15, -0.1) is 0 Å². The first-order chi connectivity index (χ1) is 9.61. The van der Waals surface area contributed by atoms with E-state index in [1.165, 1.54) is 0 Å². The maximum Gasteiger partial charge on any atom is 0.307 e. The molecule has 0 bridgehead atoms. The van der Waals surface area contributed by atoms with Crippen LogP contribution >= 0.6 is 0 Å². The zero-order chi connectivity index (χ0) is 14.5. The summed E-state index contributed by atoms with van der Waals surface area (Å²) < 4.78 is 5.51. The molecule has 0 aromatic heterocycles. The first kappa shape index (κ1) is 14.4. The number of hydrogen-bond donors (Lipinski definition) is 1. The number of rotatable bonds is 7. The lowest BCUT2D eigenvalue weighted by molar-refractivity contribution is -0.136. The SMILES string of the molecule is CCN(C(=O)COc1ccccc1CC(=O)O)C1CC1.